The Kier molecular flexibility index (Phi) is 1.83. The minimum absolute atomic E-state index is 0.165. The van der Waals surface area contributed by atoms with Crippen LogP contribution < -0.4 is 5.73 Å². The van der Waals surface area contributed by atoms with E-state index in [2.05, 4.69) is 0 Å². The molecule has 0 aromatic carbocycles. The molecule has 68 valence electrons. The summed E-state index contributed by atoms with van der Waals surface area (Å²) in [5.74, 6) is 0.983. The lowest BCUT2D eigenvalue weighted by Gasteiger charge is -2.56. The van der Waals surface area contributed by atoms with E-state index in [-0.39, 0.29) is 11.9 Å². The van der Waals surface area contributed by atoms with Gasteiger partial charge >= 0.3 is 0 Å². The topological polar surface area (TPSA) is 46.3 Å². The minimum atomic E-state index is -0.258. The van der Waals surface area contributed by atoms with Crippen molar-refractivity contribution in [1.29, 1.82) is 0 Å². The molecule has 2 aliphatic rings. The summed E-state index contributed by atoms with van der Waals surface area (Å²) in [6.45, 7) is 2.93. The number of carbonyl (C=O) groups is 1. The van der Waals surface area contributed by atoms with Crippen LogP contribution in [0.25, 0.3) is 0 Å². The average molecular weight is 168 g/mol. The predicted octanol–water partition coefficient (Wildman–Crippen LogP) is 0.344. The number of piperidine rings is 1. The van der Waals surface area contributed by atoms with E-state index < -0.39 is 0 Å². The summed E-state index contributed by atoms with van der Waals surface area (Å²) in [7, 11) is 0. The molecule has 1 saturated heterocycles. The molecule has 3 atom stereocenters. The molecule has 1 amide bonds. The number of carbonyl (C=O) groups excluding carboxylic acids is 1. The molecule has 0 aromatic heterocycles. The van der Waals surface area contributed by atoms with Crippen LogP contribution in [0.15, 0.2) is 0 Å². The zero-order valence-electron chi connectivity index (χ0n) is 7.49. The fourth-order valence-electron chi connectivity index (χ4n) is 2.07. The molecule has 3 nitrogen and oxygen atoms in total. The van der Waals surface area contributed by atoms with E-state index in [1.54, 1.807) is 0 Å². The monoisotopic (exact) mass is 168 g/mol. The molecule has 1 aliphatic heterocycles. The van der Waals surface area contributed by atoms with Gasteiger partial charge in [-0.3, -0.25) is 4.79 Å². The number of hydrogen-bond donors (Lipinski definition) is 1. The molecule has 2 N–H and O–H groups in total. The van der Waals surface area contributed by atoms with Crippen LogP contribution in [0.4, 0.5) is 0 Å². The van der Waals surface area contributed by atoms with Crippen LogP contribution in [0.5, 0.6) is 0 Å². The molecule has 0 aromatic rings. The van der Waals surface area contributed by atoms with Gasteiger partial charge in [0.15, 0.2) is 0 Å². The molecule has 0 radical (unpaired) electrons. The Balaban J connectivity index is 1.89. The standard InChI is InChI=1S/C9H16N2O/c1-2-7(10)9(12)11-5-6-3-4-8(6)11/h6-8H,2-5,10H2,1H3. The van der Waals surface area contributed by atoms with Crippen LogP contribution in [-0.4, -0.2) is 29.4 Å². The molecule has 3 heteroatoms. The lowest BCUT2D eigenvalue weighted by molar-refractivity contribution is -0.154. The van der Waals surface area contributed by atoms with E-state index in [1.807, 2.05) is 11.8 Å². The summed E-state index contributed by atoms with van der Waals surface area (Å²) in [4.78, 5) is 13.5. The van der Waals surface area contributed by atoms with E-state index in [0.29, 0.717) is 6.04 Å². The maximum atomic E-state index is 11.5. The van der Waals surface area contributed by atoms with Crippen molar-refractivity contribution >= 4 is 5.91 Å². The van der Waals surface area contributed by atoms with E-state index in [1.165, 1.54) is 12.8 Å². The molecule has 2 rings (SSSR count). The van der Waals surface area contributed by atoms with Gasteiger partial charge in [0, 0.05) is 12.6 Å². The first-order valence-electron chi connectivity index (χ1n) is 4.80. The SMILES string of the molecule is CCC(N)C(=O)N1CC2CCC21. The van der Waals surface area contributed by atoms with Gasteiger partial charge in [-0.15, -0.1) is 0 Å². The number of nitrogens with two attached hydrogens (primary N) is 1. The van der Waals surface area contributed by atoms with E-state index in [9.17, 15) is 4.79 Å². The second-order valence-electron chi connectivity index (χ2n) is 3.91. The largest absolute Gasteiger partial charge is 0.338 e. The molecular weight excluding hydrogens is 152 g/mol. The first-order valence-corrected chi connectivity index (χ1v) is 4.80. The van der Waals surface area contributed by atoms with Crippen LogP contribution in [0.3, 0.4) is 0 Å². The molecule has 1 aliphatic carbocycles. The Morgan fingerprint density at radius 3 is 2.75 bits per heavy atom. The normalized spacial score (nSPS) is 34.7. The summed E-state index contributed by atoms with van der Waals surface area (Å²) >= 11 is 0. The zero-order chi connectivity index (χ0) is 8.72. The van der Waals surface area contributed by atoms with Crippen molar-refractivity contribution in [2.75, 3.05) is 6.54 Å². The van der Waals surface area contributed by atoms with Gasteiger partial charge in [0.25, 0.3) is 0 Å². The van der Waals surface area contributed by atoms with Gasteiger partial charge in [-0.25, -0.2) is 0 Å². The number of fused-ring (bicyclic) bond motifs is 1. The van der Waals surface area contributed by atoms with Gasteiger partial charge in [-0.05, 0) is 25.2 Å². The highest BCUT2D eigenvalue weighted by atomic mass is 16.2. The summed E-state index contributed by atoms with van der Waals surface area (Å²) in [6, 6.07) is 0.307. The third-order valence-corrected chi connectivity index (χ3v) is 3.25. The van der Waals surface area contributed by atoms with Gasteiger partial charge in [0.2, 0.25) is 5.91 Å². The van der Waals surface area contributed by atoms with E-state index in [0.717, 1.165) is 18.9 Å². The van der Waals surface area contributed by atoms with Gasteiger partial charge < -0.3 is 10.6 Å². The fourth-order valence-corrected chi connectivity index (χ4v) is 2.07. The van der Waals surface area contributed by atoms with Crippen LogP contribution in [-0.2, 0) is 4.79 Å². The van der Waals surface area contributed by atoms with Crippen molar-refractivity contribution in [1.82, 2.24) is 4.90 Å². The highest BCUT2D eigenvalue weighted by molar-refractivity contribution is 5.82. The highest BCUT2D eigenvalue weighted by Crippen LogP contribution is 2.41. The second kappa shape index (κ2) is 2.73. The highest BCUT2D eigenvalue weighted by Gasteiger charge is 2.48. The van der Waals surface area contributed by atoms with Crippen LogP contribution in [0.1, 0.15) is 26.2 Å². The Labute approximate surface area is 72.9 Å². The van der Waals surface area contributed by atoms with Crippen molar-refractivity contribution in [3.8, 4) is 0 Å². The quantitative estimate of drug-likeness (QED) is 0.646. The smallest absolute Gasteiger partial charge is 0.239 e. The molecular formula is C9H16N2O. The molecule has 12 heavy (non-hydrogen) atoms. The summed E-state index contributed by atoms with van der Waals surface area (Å²) in [5.41, 5.74) is 5.67. The number of rotatable bonds is 2. The van der Waals surface area contributed by atoms with Crippen LogP contribution >= 0.6 is 0 Å². The van der Waals surface area contributed by atoms with Crippen molar-refractivity contribution in [3.63, 3.8) is 0 Å². The van der Waals surface area contributed by atoms with Crippen LogP contribution in [0, 0.1) is 5.92 Å². The lowest BCUT2D eigenvalue weighted by atomic mass is 9.71. The lowest BCUT2D eigenvalue weighted by Crippen LogP contribution is -2.66. The van der Waals surface area contributed by atoms with E-state index in [4.69, 9.17) is 5.73 Å². The first-order chi connectivity index (χ1) is 5.74. The maximum Gasteiger partial charge on any atom is 0.239 e. The third-order valence-electron chi connectivity index (χ3n) is 3.25. The Morgan fingerprint density at radius 2 is 2.42 bits per heavy atom. The number of hydrogen-bond acceptors (Lipinski definition) is 2. The van der Waals surface area contributed by atoms with Gasteiger partial charge in [-0.1, -0.05) is 6.92 Å². The molecule has 1 heterocycles. The molecule has 3 unspecified atom stereocenters. The van der Waals surface area contributed by atoms with Crippen molar-refractivity contribution < 1.29 is 4.79 Å². The average Bonchev–Trinajstić information content (AvgIpc) is 2.07. The maximum absolute atomic E-state index is 11.5. The molecule has 0 bridgehead atoms. The Hall–Kier alpha value is -0.570. The third kappa shape index (κ3) is 0.959. The summed E-state index contributed by atoms with van der Waals surface area (Å²) in [6.07, 6.45) is 3.27. The molecule has 2 fully saturated rings. The predicted molar refractivity (Wildman–Crippen MR) is 46.5 cm³/mol. The van der Waals surface area contributed by atoms with Crippen molar-refractivity contribution in [3.05, 3.63) is 0 Å². The van der Waals surface area contributed by atoms with Gasteiger partial charge in [-0.2, -0.15) is 0 Å². The van der Waals surface area contributed by atoms with Gasteiger partial charge in [0.05, 0.1) is 6.04 Å². The number of amides is 1. The Morgan fingerprint density at radius 1 is 1.67 bits per heavy atom. The first kappa shape index (κ1) is 8.05. The molecule has 1 saturated carbocycles. The van der Waals surface area contributed by atoms with E-state index >= 15 is 0 Å². The number of nitrogens with zero attached hydrogens (tertiary/aromatic N) is 1. The minimum Gasteiger partial charge on any atom is -0.338 e. The fraction of sp³-hybridized carbons (Fsp3) is 0.889. The Bertz CT molecular complexity index is 205. The van der Waals surface area contributed by atoms with Crippen molar-refractivity contribution in [2.24, 2.45) is 11.7 Å². The molecule has 0 spiro atoms. The summed E-state index contributed by atoms with van der Waals surface area (Å²) in [5, 5.41) is 0. The van der Waals surface area contributed by atoms with Gasteiger partial charge in [0.1, 0.15) is 0 Å². The zero-order valence-corrected chi connectivity index (χ0v) is 7.49. The number of likely N-dealkylation sites (tertiary alicyclic amines) is 1. The summed E-state index contributed by atoms with van der Waals surface area (Å²) < 4.78 is 0. The second-order valence-corrected chi connectivity index (χ2v) is 3.91. The van der Waals surface area contributed by atoms with Crippen molar-refractivity contribution in [2.45, 2.75) is 38.3 Å². The van der Waals surface area contributed by atoms with Crippen LogP contribution in [0.2, 0.25) is 0 Å².